The van der Waals surface area contributed by atoms with Crippen LogP contribution in [0, 0.1) is 10.1 Å². The number of aliphatic carboxylic acids is 1. The van der Waals surface area contributed by atoms with Crippen LogP contribution in [0.1, 0.15) is 13.3 Å². The van der Waals surface area contributed by atoms with Crippen molar-refractivity contribution in [2.24, 2.45) is 0 Å². The van der Waals surface area contributed by atoms with Crippen LogP contribution in [0.25, 0.3) is 0 Å². The first-order valence-electron chi connectivity index (χ1n) is 5.48. The van der Waals surface area contributed by atoms with E-state index in [1.54, 1.807) is 6.92 Å². The Bertz CT molecular complexity index is 486. The van der Waals surface area contributed by atoms with E-state index in [4.69, 9.17) is 5.11 Å². The van der Waals surface area contributed by atoms with Crippen LogP contribution in [0.5, 0.6) is 0 Å². The van der Waals surface area contributed by atoms with Gasteiger partial charge in [-0.2, -0.15) is 0 Å². The molecule has 0 aliphatic heterocycles. The summed E-state index contributed by atoms with van der Waals surface area (Å²) in [5.41, 5.74) is 0.242. The topological polar surface area (TPSA) is 122 Å². The fraction of sp³-hybridized carbons (Fsp3) is 0.273. The van der Waals surface area contributed by atoms with Crippen LogP contribution in [-0.4, -0.2) is 28.1 Å². The van der Waals surface area contributed by atoms with E-state index < -0.39 is 23.0 Å². The van der Waals surface area contributed by atoms with E-state index in [1.807, 2.05) is 0 Å². The van der Waals surface area contributed by atoms with Gasteiger partial charge in [-0.1, -0.05) is 6.92 Å². The van der Waals surface area contributed by atoms with E-state index in [0.717, 1.165) is 0 Å². The molecule has 1 aromatic rings. The normalized spacial score (nSPS) is 11.4. The van der Waals surface area contributed by atoms with Gasteiger partial charge in [-0.15, -0.1) is 0 Å². The summed E-state index contributed by atoms with van der Waals surface area (Å²) in [4.78, 5) is 32.1. The Morgan fingerprint density at radius 2 is 1.95 bits per heavy atom. The lowest BCUT2D eigenvalue weighted by molar-refractivity contribution is -0.384. The molecule has 1 aromatic carbocycles. The van der Waals surface area contributed by atoms with Gasteiger partial charge < -0.3 is 15.7 Å². The van der Waals surface area contributed by atoms with Crippen molar-refractivity contribution in [3.8, 4) is 0 Å². The highest BCUT2D eigenvalue weighted by Crippen LogP contribution is 2.15. The fourth-order valence-corrected chi connectivity index (χ4v) is 1.33. The molecule has 0 aromatic heterocycles. The summed E-state index contributed by atoms with van der Waals surface area (Å²) in [5, 5.41) is 23.9. The number of carbonyl (C=O) groups is 2. The summed E-state index contributed by atoms with van der Waals surface area (Å²) in [7, 11) is 0. The summed E-state index contributed by atoms with van der Waals surface area (Å²) in [5.74, 6) is -1.12. The number of nitrogens with one attached hydrogen (secondary N) is 2. The van der Waals surface area contributed by atoms with E-state index in [2.05, 4.69) is 10.6 Å². The van der Waals surface area contributed by atoms with Crippen molar-refractivity contribution in [2.75, 3.05) is 5.32 Å². The summed E-state index contributed by atoms with van der Waals surface area (Å²) in [6, 6.07) is 3.55. The number of urea groups is 1. The van der Waals surface area contributed by atoms with Gasteiger partial charge in [-0.25, -0.2) is 9.59 Å². The summed E-state index contributed by atoms with van der Waals surface area (Å²) in [6.45, 7) is 1.63. The van der Waals surface area contributed by atoms with Gasteiger partial charge in [0.2, 0.25) is 0 Å². The number of nitro groups is 1. The standard InChI is InChI=1S/C11H13N3O5/c1-2-9(10(15)16)13-11(17)12-7-3-5-8(6-4-7)14(18)19/h3-6,9H,2H2,1H3,(H,15,16)(H2,12,13,17)/t9-/m0/s1. The van der Waals surface area contributed by atoms with Gasteiger partial charge in [0, 0.05) is 17.8 Å². The second-order valence-electron chi connectivity index (χ2n) is 3.70. The highest BCUT2D eigenvalue weighted by molar-refractivity contribution is 5.92. The maximum absolute atomic E-state index is 11.5. The first kappa shape index (κ1) is 14.4. The number of hydrogen-bond donors (Lipinski definition) is 3. The second kappa shape index (κ2) is 6.34. The highest BCUT2D eigenvalue weighted by atomic mass is 16.6. The van der Waals surface area contributed by atoms with Gasteiger partial charge in [0.25, 0.3) is 5.69 Å². The molecule has 8 nitrogen and oxygen atoms in total. The van der Waals surface area contributed by atoms with Gasteiger partial charge in [-0.3, -0.25) is 10.1 Å². The summed E-state index contributed by atoms with van der Waals surface area (Å²) < 4.78 is 0. The van der Waals surface area contributed by atoms with Crippen molar-refractivity contribution >= 4 is 23.4 Å². The fourth-order valence-electron chi connectivity index (χ4n) is 1.33. The highest BCUT2D eigenvalue weighted by Gasteiger charge is 2.17. The smallest absolute Gasteiger partial charge is 0.326 e. The number of rotatable bonds is 5. The minimum atomic E-state index is -1.12. The third kappa shape index (κ3) is 4.26. The van der Waals surface area contributed by atoms with Crippen molar-refractivity contribution < 1.29 is 19.6 Å². The van der Waals surface area contributed by atoms with Crippen molar-refractivity contribution in [3.63, 3.8) is 0 Å². The average molecular weight is 267 g/mol. The zero-order chi connectivity index (χ0) is 14.4. The Morgan fingerprint density at radius 1 is 1.37 bits per heavy atom. The second-order valence-corrected chi connectivity index (χ2v) is 3.70. The number of carboxylic acid groups (broad SMARTS) is 1. The number of benzene rings is 1. The maximum atomic E-state index is 11.5. The van der Waals surface area contributed by atoms with Gasteiger partial charge >= 0.3 is 12.0 Å². The largest absolute Gasteiger partial charge is 0.480 e. The molecule has 0 radical (unpaired) electrons. The van der Waals surface area contributed by atoms with Gasteiger partial charge in [-0.05, 0) is 18.6 Å². The van der Waals surface area contributed by atoms with Gasteiger partial charge in [0.05, 0.1) is 4.92 Å². The molecule has 2 amide bonds. The molecule has 102 valence electrons. The molecule has 0 aliphatic carbocycles. The molecule has 8 heteroatoms. The van der Waals surface area contributed by atoms with Crippen molar-refractivity contribution in [1.82, 2.24) is 5.32 Å². The molecule has 0 saturated heterocycles. The number of carboxylic acids is 1. The number of non-ortho nitro benzene ring substituents is 1. The van der Waals surface area contributed by atoms with Crippen LogP contribution in [0.3, 0.4) is 0 Å². The number of carbonyl (C=O) groups excluding carboxylic acids is 1. The van der Waals surface area contributed by atoms with E-state index >= 15 is 0 Å². The molecule has 0 bridgehead atoms. The number of anilines is 1. The lowest BCUT2D eigenvalue weighted by Gasteiger charge is -2.12. The third-order valence-corrected chi connectivity index (χ3v) is 2.35. The predicted octanol–water partition coefficient (Wildman–Crippen LogP) is 1.58. The van der Waals surface area contributed by atoms with Crippen molar-refractivity contribution in [3.05, 3.63) is 34.4 Å². The summed E-state index contributed by atoms with van der Waals surface area (Å²) >= 11 is 0. The Kier molecular flexibility index (Phi) is 4.81. The third-order valence-electron chi connectivity index (χ3n) is 2.35. The molecule has 1 atom stereocenters. The Hall–Kier alpha value is -2.64. The molecule has 1 rings (SSSR count). The quantitative estimate of drug-likeness (QED) is 0.552. The molecule has 0 heterocycles. The molecular formula is C11H13N3O5. The minimum absolute atomic E-state index is 0.0945. The lowest BCUT2D eigenvalue weighted by Crippen LogP contribution is -2.42. The summed E-state index contributed by atoms with van der Waals surface area (Å²) in [6.07, 6.45) is 0.253. The van der Waals surface area contributed by atoms with Crippen LogP contribution in [0.4, 0.5) is 16.2 Å². The first-order valence-corrected chi connectivity index (χ1v) is 5.48. The van der Waals surface area contributed by atoms with E-state index in [1.165, 1.54) is 24.3 Å². The monoisotopic (exact) mass is 267 g/mol. The number of hydrogen-bond acceptors (Lipinski definition) is 4. The van der Waals surface area contributed by atoms with Crippen molar-refractivity contribution in [1.29, 1.82) is 0 Å². The molecule has 3 N–H and O–H groups in total. The van der Waals surface area contributed by atoms with Gasteiger partial charge in [0.1, 0.15) is 6.04 Å². The molecule has 0 saturated carbocycles. The molecule has 19 heavy (non-hydrogen) atoms. The minimum Gasteiger partial charge on any atom is -0.480 e. The van der Waals surface area contributed by atoms with E-state index in [9.17, 15) is 19.7 Å². The van der Waals surface area contributed by atoms with Crippen LogP contribution in [0.15, 0.2) is 24.3 Å². The number of nitro benzene ring substituents is 1. The molecule has 0 aliphatic rings. The maximum Gasteiger partial charge on any atom is 0.326 e. The predicted molar refractivity (Wildman–Crippen MR) is 67.0 cm³/mol. The van der Waals surface area contributed by atoms with Crippen molar-refractivity contribution in [2.45, 2.75) is 19.4 Å². The molecule has 0 fully saturated rings. The molecule has 0 spiro atoms. The van der Waals surface area contributed by atoms with Crippen LogP contribution < -0.4 is 10.6 Å². The van der Waals surface area contributed by atoms with Crippen LogP contribution >= 0.6 is 0 Å². The zero-order valence-corrected chi connectivity index (χ0v) is 10.1. The Balaban J connectivity index is 2.61. The Morgan fingerprint density at radius 3 is 2.37 bits per heavy atom. The SMILES string of the molecule is CC[C@H](NC(=O)Nc1ccc([N+](=O)[O-])cc1)C(=O)O. The Labute approximate surface area is 108 Å². The number of amides is 2. The van der Waals surface area contributed by atoms with Crippen LogP contribution in [0.2, 0.25) is 0 Å². The molecular weight excluding hydrogens is 254 g/mol. The van der Waals surface area contributed by atoms with Gasteiger partial charge in [0.15, 0.2) is 0 Å². The number of nitrogens with zero attached hydrogens (tertiary/aromatic N) is 1. The van der Waals surface area contributed by atoms with E-state index in [0.29, 0.717) is 5.69 Å². The zero-order valence-electron chi connectivity index (χ0n) is 10.1. The van der Waals surface area contributed by atoms with E-state index in [-0.39, 0.29) is 12.1 Å². The van der Waals surface area contributed by atoms with Crippen LogP contribution in [-0.2, 0) is 4.79 Å². The molecule has 0 unspecified atom stereocenters. The average Bonchev–Trinajstić information content (AvgIpc) is 2.36. The first-order chi connectivity index (χ1) is 8.93. The lowest BCUT2D eigenvalue weighted by atomic mass is 10.2.